The van der Waals surface area contributed by atoms with Crippen LogP contribution in [0.3, 0.4) is 0 Å². The van der Waals surface area contributed by atoms with Gasteiger partial charge in [-0.1, -0.05) is 57.7 Å². The molecule has 0 radical (unpaired) electrons. The van der Waals surface area contributed by atoms with Crippen LogP contribution in [-0.4, -0.2) is 64.5 Å². The Kier molecular flexibility index (Phi) is 11.6. The first-order chi connectivity index (χ1) is 21.9. The van der Waals surface area contributed by atoms with Crippen LogP contribution in [0.2, 0.25) is 0 Å². The van der Waals surface area contributed by atoms with Gasteiger partial charge in [0.05, 0.1) is 22.9 Å². The van der Waals surface area contributed by atoms with E-state index in [0.29, 0.717) is 42.8 Å². The fourth-order valence-corrected chi connectivity index (χ4v) is 5.64. The zero-order chi connectivity index (χ0) is 33.5. The summed E-state index contributed by atoms with van der Waals surface area (Å²) in [5, 5.41) is 7.93. The van der Waals surface area contributed by atoms with Gasteiger partial charge in [0.1, 0.15) is 30.3 Å². The highest BCUT2D eigenvalue weighted by Gasteiger charge is 2.35. The number of aromatic nitrogens is 1. The summed E-state index contributed by atoms with van der Waals surface area (Å²) in [7, 11) is 0. The minimum Gasteiger partial charge on any atom is -0.495 e. The summed E-state index contributed by atoms with van der Waals surface area (Å²) in [6.45, 7) is 15.2. The van der Waals surface area contributed by atoms with Crippen molar-refractivity contribution < 1.29 is 28.7 Å². The van der Waals surface area contributed by atoms with Crippen molar-refractivity contribution in [3.05, 3.63) is 60.0 Å². The fourth-order valence-electron chi connectivity index (χ4n) is 5.64. The Balaban J connectivity index is 1.73. The molecule has 1 aromatic carbocycles. The molecule has 11 heteroatoms. The monoisotopic (exact) mass is 633 g/mol. The quantitative estimate of drug-likeness (QED) is 0.316. The van der Waals surface area contributed by atoms with Crippen LogP contribution >= 0.6 is 0 Å². The highest BCUT2D eigenvalue weighted by atomic mass is 16.5. The van der Waals surface area contributed by atoms with E-state index in [0.717, 1.165) is 17.4 Å². The zero-order valence-corrected chi connectivity index (χ0v) is 27.7. The summed E-state index contributed by atoms with van der Waals surface area (Å²) in [6.07, 6.45) is 4.96. The van der Waals surface area contributed by atoms with E-state index >= 15 is 0 Å². The number of carbonyl (C=O) groups is 4. The van der Waals surface area contributed by atoms with E-state index in [2.05, 4.69) is 22.6 Å². The third-order valence-electron chi connectivity index (χ3n) is 8.35. The van der Waals surface area contributed by atoms with Gasteiger partial charge in [-0.3, -0.25) is 24.2 Å². The maximum Gasteiger partial charge on any atom is 0.325 e. The number of hydrazine groups is 1. The van der Waals surface area contributed by atoms with Crippen LogP contribution in [0.25, 0.3) is 17.0 Å². The lowest BCUT2D eigenvalue weighted by atomic mass is 9.97. The largest absolute Gasteiger partial charge is 0.495 e. The minimum atomic E-state index is -0.918. The molecule has 248 valence electrons. The first-order valence-electron chi connectivity index (χ1n) is 16.2. The lowest BCUT2D eigenvalue weighted by Crippen LogP contribution is -2.61. The summed E-state index contributed by atoms with van der Waals surface area (Å²) < 4.78 is 11.8. The van der Waals surface area contributed by atoms with Gasteiger partial charge in [0.2, 0.25) is 11.8 Å². The number of rotatable bonds is 6. The van der Waals surface area contributed by atoms with Crippen LogP contribution in [0.1, 0.15) is 84.6 Å². The molecule has 46 heavy (non-hydrogen) atoms. The molecule has 0 saturated carbocycles. The first-order valence-corrected chi connectivity index (χ1v) is 16.2. The van der Waals surface area contributed by atoms with Gasteiger partial charge >= 0.3 is 5.97 Å². The Hall–Kier alpha value is -4.25. The summed E-state index contributed by atoms with van der Waals surface area (Å²) >= 11 is 0. The second kappa shape index (κ2) is 15.4. The third kappa shape index (κ3) is 8.51. The molecule has 0 unspecified atom stereocenters. The number of fused-ring (bicyclic) bond motifs is 4. The van der Waals surface area contributed by atoms with Crippen molar-refractivity contribution in [1.82, 2.24) is 26.1 Å². The van der Waals surface area contributed by atoms with Gasteiger partial charge in [0.25, 0.3) is 5.91 Å². The highest BCUT2D eigenvalue weighted by Crippen LogP contribution is 2.24. The Morgan fingerprint density at radius 3 is 2.54 bits per heavy atom. The number of esters is 1. The molecule has 3 heterocycles. The van der Waals surface area contributed by atoms with Crippen LogP contribution in [0.4, 0.5) is 0 Å². The highest BCUT2D eigenvalue weighted by molar-refractivity contribution is 5.93. The maximum atomic E-state index is 13.8. The lowest BCUT2D eigenvalue weighted by molar-refractivity contribution is -0.157. The molecule has 1 saturated heterocycles. The predicted octanol–water partition coefficient (Wildman–Crippen LogP) is 4.34. The molecule has 6 atom stereocenters. The Labute approximate surface area is 271 Å². The summed E-state index contributed by atoms with van der Waals surface area (Å²) in [4.78, 5) is 58.6. The Morgan fingerprint density at radius 1 is 1.09 bits per heavy atom. The van der Waals surface area contributed by atoms with Gasteiger partial charge < -0.3 is 20.1 Å². The van der Waals surface area contributed by atoms with E-state index in [1.54, 1.807) is 26.8 Å². The van der Waals surface area contributed by atoms with E-state index in [4.69, 9.17) is 14.5 Å². The first kappa shape index (κ1) is 34.6. The van der Waals surface area contributed by atoms with Crippen molar-refractivity contribution >= 4 is 40.7 Å². The Morgan fingerprint density at radius 2 is 1.83 bits per heavy atom. The van der Waals surface area contributed by atoms with Crippen LogP contribution < -0.4 is 16.1 Å². The second-order valence-corrected chi connectivity index (χ2v) is 12.5. The van der Waals surface area contributed by atoms with Crippen LogP contribution in [0, 0.1) is 11.8 Å². The number of pyridine rings is 1. The summed E-state index contributed by atoms with van der Waals surface area (Å²) in [6, 6.07) is 6.96. The number of nitrogens with zero attached hydrogens (tertiary/aromatic N) is 2. The van der Waals surface area contributed by atoms with Crippen molar-refractivity contribution in [2.45, 2.75) is 97.6 Å². The molecule has 0 spiro atoms. The number of cyclic esters (lactones) is 1. The molecule has 3 N–H and O–H groups in total. The predicted molar refractivity (Wildman–Crippen MR) is 176 cm³/mol. The van der Waals surface area contributed by atoms with Gasteiger partial charge in [-0.05, 0) is 63.6 Å². The average Bonchev–Trinajstić information content (AvgIpc) is 3.02. The zero-order valence-electron chi connectivity index (χ0n) is 27.7. The number of carbonyl (C=O) groups excluding carboxylic acids is 4. The SMILES string of the molecule is C=C(CCC)O[C@@H](C)[C@H]1/C=C/c2ccc3ccc(nc3c2)[C@@H](C)OC(=O)[C@@H]2CCCN(N2)C(=O)[C@H](C)NC(=O)[C@H](C(C)C)NC1=O. The maximum absolute atomic E-state index is 13.8. The van der Waals surface area contributed by atoms with Crippen molar-refractivity contribution in [3.63, 3.8) is 0 Å². The van der Waals surface area contributed by atoms with E-state index in [-0.39, 0.29) is 5.92 Å². The van der Waals surface area contributed by atoms with Crippen LogP contribution in [0.5, 0.6) is 0 Å². The fraction of sp³-hybridized carbons (Fsp3) is 0.514. The normalized spacial score (nSPS) is 26.2. The standard InChI is InChI=1S/C35H47N5O6/c1-8-10-21(4)45-23(6)27-16-13-25-12-14-26-15-17-28(37-30(26)19-25)24(7)46-35(44)29-11-9-18-40(39-29)34(43)22(5)36-33(42)31(20(2)3)38-32(27)41/h12-17,19-20,22-24,27,29,31,39H,4,8-11,18H2,1-3,5-7H3,(H,36,42)(H,38,41)/b16-13+/t22-,23-,24+,27+,29-,31-/m0/s1. The number of allylic oxidation sites excluding steroid dienone is 1. The molecule has 3 amide bonds. The van der Waals surface area contributed by atoms with Gasteiger partial charge in [0.15, 0.2) is 0 Å². The number of benzene rings is 1. The molecule has 1 fully saturated rings. The average molecular weight is 634 g/mol. The van der Waals surface area contributed by atoms with Crippen LogP contribution in [-0.2, 0) is 28.7 Å². The third-order valence-corrected chi connectivity index (χ3v) is 8.35. The minimum absolute atomic E-state index is 0.279. The molecule has 5 bridgehead atoms. The summed E-state index contributed by atoms with van der Waals surface area (Å²) in [5.74, 6) is -2.23. The van der Waals surface area contributed by atoms with Crippen molar-refractivity contribution in [1.29, 1.82) is 0 Å². The summed E-state index contributed by atoms with van der Waals surface area (Å²) in [5.41, 5.74) is 5.08. The molecule has 11 nitrogen and oxygen atoms in total. The van der Waals surface area contributed by atoms with E-state index in [1.165, 1.54) is 5.01 Å². The molecule has 4 rings (SSSR count). The van der Waals surface area contributed by atoms with Crippen LogP contribution in [0.15, 0.2) is 48.7 Å². The molecular formula is C35H47N5O6. The van der Waals surface area contributed by atoms with Gasteiger partial charge in [-0.15, -0.1) is 0 Å². The molecule has 0 aliphatic carbocycles. The Bertz CT molecular complexity index is 1490. The lowest BCUT2D eigenvalue weighted by Gasteiger charge is -2.35. The van der Waals surface area contributed by atoms with Crippen molar-refractivity contribution in [2.75, 3.05) is 6.54 Å². The van der Waals surface area contributed by atoms with E-state index in [9.17, 15) is 19.2 Å². The van der Waals surface area contributed by atoms with E-state index < -0.39 is 59.9 Å². The van der Waals surface area contributed by atoms with Crippen molar-refractivity contribution in [2.24, 2.45) is 11.8 Å². The molecule has 2 aromatic rings. The smallest absolute Gasteiger partial charge is 0.325 e. The topological polar surface area (TPSA) is 139 Å². The van der Waals surface area contributed by atoms with Gasteiger partial charge in [-0.25, -0.2) is 10.4 Å². The van der Waals surface area contributed by atoms with Gasteiger partial charge in [-0.2, -0.15) is 0 Å². The molecule has 1 aromatic heterocycles. The number of nitrogens with one attached hydrogen (secondary N) is 3. The number of ether oxygens (including phenoxy) is 2. The van der Waals surface area contributed by atoms with Gasteiger partial charge in [0, 0.05) is 18.4 Å². The molecule has 2 aliphatic rings. The molecular weight excluding hydrogens is 586 g/mol. The van der Waals surface area contributed by atoms with Crippen molar-refractivity contribution in [3.8, 4) is 0 Å². The van der Waals surface area contributed by atoms with E-state index in [1.807, 2.05) is 57.2 Å². The second-order valence-electron chi connectivity index (χ2n) is 12.5. The number of hydrogen-bond donors (Lipinski definition) is 3. The number of amides is 3. The number of hydrogen-bond acceptors (Lipinski definition) is 8. The molecule has 2 aliphatic heterocycles.